The van der Waals surface area contributed by atoms with Gasteiger partial charge in [-0.15, -0.1) is 0 Å². The van der Waals surface area contributed by atoms with Crippen molar-refractivity contribution in [1.82, 2.24) is 24.7 Å². The molecule has 140 valence electrons. The van der Waals surface area contributed by atoms with Crippen molar-refractivity contribution in [2.45, 2.75) is 45.8 Å². The Morgan fingerprint density at radius 2 is 2.00 bits per heavy atom. The summed E-state index contributed by atoms with van der Waals surface area (Å²) >= 11 is 0. The zero-order chi connectivity index (χ0) is 19.3. The third kappa shape index (κ3) is 2.84. The van der Waals surface area contributed by atoms with Crippen LogP contribution in [0.5, 0.6) is 0 Å². The predicted octanol–water partition coefficient (Wildman–Crippen LogP) is 3.76. The Labute approximate surface area is 157 Å². The number of aliphatic hydroxyl groups excluding tert-OH is 1. The van der Waals surface area contributed by atoms with Crippen molar-refractivity contribution in [2.75, 3.05) is 5.73 Å². The molecule has 7 nitrogen and oxygen atoms in total. The molecule has 0 aliphatic heterocycles. The van der Waals surface area contributed by atoms with Crippen LogP contribution in [0.25, 0.3) is 33.3 Å². The molecule has 0 aliphatic carbocycles. The molecular weight excluding hydrogens is 340 g/mol. The van der Waals surface area contributed by atoms with Crippen LogP contribution in [0, 0.1) is 0 Å². The second-order valence-corrected chi connectivity index (χ2v) is 7.84. The average Bonchev–Trinajstić information content (AvgIpc) is 3.21. The predicted molar refractivity (Wildman–Crippen MR) is 107 cm³/mol. The summed E-state index contributed by atoms with van der Waals surface area (Å²) in [5, 5.41) is 16.7. The van der Waals surface area contributed by atoms with E-state index in [0.29, 0.717) is 17.9 Å². The van der Waals surface area contributed by atoms with Crippen LogP contribution in [0.15, 0.2) is 30.6 Å². The lowest BCUT2D eigenvalue weighted by molar-refractivity contribution is 0.174. The third-order valence-electron chi connectivity index (χ3n) is 4.80. The van der Waals surface area contributed by atoms with Gasteiger partial charge in [0.1, 0.15) is 17.8 Å². The van der Waals surface area contributed by atoms with Gasteiger partial charge in [0.25, 0.3) is 0 Å². The summed E-state index contributed by atoms with van der Waals surface area (Å²) in [6.07, 6.45) is 1.67. The number of H-pyrrole nitrogens is 1. The van der Waals surface area contributed by atoms with Crippen LogP contribution in [0.1, 0.15) is 45.8 Å². The Morgan fingerprint density at radius 1 is 1.22 bits per heavy atom. The maximum atomic E-state index is 10.1. The van der Waals surface area contributed by atoms with Gasteiger partial charge in [-0.1, -0.05) is 19.1 Å². The number of nitrogens with two attached hydrogens (primary N) is 1. The number of nitrogens with one attached hydrogen (secondary N) is 1. The van der Waals surface area contributed by atoms with Gasteiger partial charge in [0.05, 0.1) is 22.7 Å². The number of aromatic nitrogens is 5. The van der Waals surface area contributed by atoms with Crippen molar-refractivity contribution in [1.29, 1.82) is 0 Å². The van der Waals surface area contributed by atoms with Gasteiger partial charge in [0, 0.05) is 10.9 Å². The topological polar surface area (TPSA) is 106 Å². The molecule has 1 aromatic carbocycles. The van der Waals surface area contributed by atoms with Crippen molar-refractivity contribution in [3.8, 4) is 11.4 Å². The number of benzene rings is 1. The summed E-state index contributed by atoms with van der Waals surface area (Å²) in [4.78, 5) is 12.0. The van der Waals surface area contributed by atoms with E-state index in [2.05, 4.69) is 35.7 Å². The summed E-state index contributed by atoms with van der Waals surface area (Å²) in [5.41, 5.74) is 10.1. The van der Waals surface area contributed by atoms with Gasteiger partial charge in [-0.25, -0.2) is 14.6 Å². The highest BCUT2D eigenvalue weighted by molar-refractivity contribution is 6.00. The number of rotatable bonds is 3. The van der Waals surface area contributed by atoms with Crippen molar-refractivity contribution < 1.29 is 5.11 Å². The Bertz CT molecular complexity index is 1130. The molecule has 0 saturated heterocycles. The summed E-state index contributed by atoms with van der Waals surface area (Å²) in [6.45, 7) is 8.18. The summed E-state index contributed by atoms with van der Waals surface area (Å²) in [6, 6.07) is 7.98. The maximum absolute atomic E-state index is 10.1. The first-order chi connectivity index (χ1) is 12.8. The lowest BCUT2D eigenvalue weighted by Gasteiger charge is -2.19. The quantitative estimate of drug-likeness (QED) is 0.513. The minimum absolute atomic E-state index is 0.248. The molecule has 0 radical (unpaired) electrons. The first kappa shape index (κ1) is 17.5. The van der Waals surface area contributed by atoms with Crippen molar-refractivity contribution in [3.63, 3.8) is 0 Å². The van der Waals surface area contributed by atoms with Gasteiger partial charge < -0.3 is 15.8 Å². The minimum Gasteiger partial charge on any atom is -0.388 e. The molecule has 0 bridgehead atoms. The number of hydrogen-bond acceptors (Lipinski definition) is 5. The van der Waals surface area contributed by atoms with Crippen molar-refractivity contribution >= 4 is 27.8 Å². The molecule has 0 fully saturated rings. The molecule has 4 aromatic rings. The van der Waals surface area contributed by atoms with Crippen molar-refractivity contribution in [2.24, 2.45) is 0 Å². The fraction of sp³-hybridized carbons (Fsp3) is 0.350. The highest BCUT2D eigenvalue weighted by Crippen LogP contribution is 2.34. The van der Waals surface area contributed by atoms with E-state index in [-0.39, 0.29) is 5.54 Å². The van der Waals surface area contributed by atoms with E-state index in [1.54, 1.807) is 0 Å². The molecule has 3 heterocycles. The normalized spacial score (nSPS) is 13.5. The highest BCUT2D eigenvalue weighted by Gasteiger charge is 2.24. The SMILES string of the molecule is CCC(O)c1ccc2cc(-c3nn(C(C)(C)C)c4ncnc(N)c34)[nH]c2c1. The van der Waals surface area contributed by atoms with Crippen LogP contribution in [-0.2, 0) is 5.54 Å². The van der Waals surface area contributed by atoms with Crippen molar-refractivity contribution in [3.05, 3.63) is 36.2 Å². The smallest absolute Gasteiger partial charge is 0.164 e. The Hall–Kier alpha value is -2.93. The zero-order valence-corrected chi connectivity index (χ0v) is 16.0. The number of hydrogen-bond donors (Lipinski definition) is 3. The van der Waals surface area contributed by atoms with Gasteiger partial charge >= 0.3 is 0 Å². The van der Waals surface area contributed by atoms with Crippen LogP contribution in [0.2, 0.25) is 0 Å². The van der Waals surface area contributed by atoms with Crippen LogP contribution in [0.3, 0.4) is 0 Å². The largest absolute Gasteiger partial charge is 0.388 e. The molecule has 0 aliphatic rings. The third-order valence-corrected chi connectivity index (χ3v) is 4.80. The molecule has 4 N–H and O–H groups in total. The van der Waals surface area contributed by atoms with Crippen LogP contribution in [0.4, 0.5) is 5.82 Å². The number of fused-ring (bicyclic) bond motifs is 2. The van der Waals surface area contributed by atoms with Gasteiger partial charge in [0.2, 0.25) is 0 Å². The van der Waals surface area contributed by atoms with E-state index in [9.17, 15) is 5.11 Å². The molecular formula is C20H24N6O. The van der Waals surface area contributed by atoms with Crippen LogP contribution in [-0.4, -0.2) is 29.8 Å². The van der Waals surface area contributed by atoms with E-state index in [4.69, 9.17) is 10.8 Å². The number of nitrogens with zero attached hydrogens (tertiary/aromatic N) is 4. The first-order valence-corrected chi connectivity index (χ1v) is 9.10. The number of aromatic amines is 1. The van der Waals surface area contributed by atoms with E-state index in [1.807, 2.05) is 35.9 Å². The Kier molecular flexibility index (Phi) is 3.92. The monoisotopic (exact) mass is 364 g/mol. The van der Waals surface area contributed by atoms with Crippen LogP contribution < -0.4 is 5.73 Å². The summed E-state index contributed by atoms with van der Waals surface area (Å²) in [7, 11) is 0. The molecule has 1 atom stereocenters. The number of aliphatic hydroxyl groups is 1. The van der Waals surface area contributed by atoms with E-state index >= 15 is 0 Å². The number of anilines is 1. The van der Waals surface area contributed by atoms with Gasteiger partial charge in [0.15, 0.2) is 5.65 Å². The molecule has 0 saturated carbocycles. The second kappa shape index (κ2) is 6.06. The second-order valence-electron chi connectivity index (χ2n) is 7.84. The summed E-state index contributed by atoms with van der Waals surface area (Å²) < 4.78 is 1.88. The van der Waals surface area contributed by atoms with E-state index < -0.39 is 6.10 Å². The fourth-order valence-electron chi connectivity index (χ4n) is 3.35. The molecule has 0 amide bonds. The molecule has 27 heavy (non-hydrogen) atoms. The highest BCUT2D eigenvalue weighted by atomic mass is 16.3. The van der Waals surface area contributed by atoms with E-state index in [1.165, 1.54) is 6.33 Å². The summed E-state index contributed by atoms with van der Waals surface area (Å²) in [5.74, 6) is 0.409. The molecule has 3 aromatic heterocycles. The zero-order valence-electron chi connectivity index (χ0n) is 16.0. The Balaban J connectivity index is 1.94. The van der Waals surface area contributed by atoms with E-state index in [0.717, 1.165) is 33.2 Å². The van der Waals surface area contributed by atoms with Gasteiger partial charge in [-0.3, -0.25) is 0 Å². The fourth-order valence-corrected chi connectivity index (χ4v) is 3.35. The molecule has 4 rings (SSSR count). The molecule has 1 unspecified atom stereocenters. The lowest BCUT2D eigenvalue weighted by atomic mass is 10.1. The molecule has 7 heteroatoms. The van der Waals surface area contributed by atoms with Crippen LogP contribution >= 0.6 is 0 Å². The lowest BCUT2D eigenvalue weighted by Crippen LogP contribution is -2.23. The van der Waals surface area contributed by atoms with Gasteiger partial charge in [-0.2, -0.15) is 5.10 Å². The number of nitrogen functional groups attached to an aromatic ring is 1. The minimum atomic E-state index is -0.467. The molecule has 0 spiro atoms. The first-order valence-electron chi connectivity index (χ1n) is 9.10. The average molecular weight is 364 g/mol. The standard InChI is InChI=1S/C20H24N6O/c1-5-15(27)12-7-6-11-8-14(24-13(11)9-12)17-16-18(21)22-10-23-19(16)26(25-17)20(2,3)4/h6-10,15,24,27H,5H2,1-4H3,(H2,21,22,23). The Morgan fingerprint density at radius 3 is 2.70 bits per heavy atom. The maximum Gasteiger partial charge on any atom is 0.164 e. The van der Waals surface area contributed by atoms with Gasteiger partial charge in [-0.05, 0) is 44.9 Å².